The number of carbonyl (C=O) groups excluding carboxylic acids is 1. The number of nitrogens with one attached hydrogen (secondary N) is 1. The summed E-state index contributed by atoms with van der Waals surface area (Å²) in [5.41, 5.74) is 1.17. The quantitative estimate of drug-likeness (QED) is 0.878. The Morgan fingerprint density at radius 1 is 1.52 bits per heavy atom. The molecule has 3 unspecified atom stereocenters. The van der Waals surface area contributed by atoms with E-state index in [4.69, 9.17) is 11.6 Å². The van der Waals surface area contributed by atoms with Crippen molar-refractivity contribution in [2.45, 2.75) is 37.3 Å². The van der Waals surface area contributed by atoms with Crippen molar-refractivity contribution in [2.75, 3.05) is 13.6 Å². The fourth-order valence-corrected chi connectivity index (χ4v) is 2.92. The van der Waals surface area contributed by atoms with Gasteiger partial charge in [-0.1, -0.05) is 23.7 Å². The zero-order valence-electron chi connectivity index (χ0n) is 12.1. The number of aliphatic hydroxyl groups excluding tert-OH is 1. The van der Waals surface area contributed by atoms with Gasteiger partial charge >= 0.3 is 6.03 Å². The molecule has 3 atom stereocenters. The molecular weight excluding hydrogens is 288 g/mol. The lowest BCUT2D eigenvalue weighted by Gasteiger charge is -2.21. The molecule has 0 heterocycles. The largest absolute Gasteiger partial charge is 0.391 e. The molecule has 114 valence electrons. The monoisotopic (exact) mass is 308 g/mol. The van der Waals surface area contributed by atoms with Gasteiger partial charge in [-0.3, -0.25) is 0 Å². The first-order valence-corrected chi connectivity index (χ1v) is 7.87. The highest BCUT2D eigenvalue weighted by molar-refractivity contribution is 6.30. The predicted molar refractivity (Wildman–Crippen MR) is 82.5 cm³/mol. The summed E-state index contributed by atoms with van der Waals surface area (Å²) in [5, 5.41) is 13.6. The van der Waals surface area contributed by atoms with E-state index in [9.17, 15) is 9.90 Å². The van der Waals surface area contributed by atoms with Gasteiger partial charge in [0.1, 0.15) is 0 Å². The van der Waals surface area contributed by atoms with Crippen molar-refractivity contribution in [1.82, 2.24) is 10.2 Å². The number of hydrogen-bond acceptors (Lipinski definition) is 2. The maximum absolute atomic E-state index is 12.1. The molecule has 4 nitrogen and oxygen atoms in total. The number of aliphatic hydroxyl groups is 1. The molecule has 2 amide bonds. The SMILES string of the molecule is CN(CC(O)C1CC1)C(=O)NC1CC1c1cccc(Cl)c1. The summed E-state index contributed by atoms with van der Waals surface area (Å²) >= 11 is 5.99. The molecule has 21 heavy (non-hydrogen) atoms. The average Bonchev–Trinajstić information content (AvgIpc) is 3.32. The van der Waals surface area contributed by atoms with Gasteiger partial charge in [-0.15, -0.1) is 0 Å². The Bertz CT molecular complexity index is 533. The molecule has 2 N–H and O–H groups in total. The molecule has 0 bridgehead atoms. The van der Waals surface area contributed by atoms with Crippen LogP contribution in [0.5, 0.6) is 0 Å². The van der Waals surface area contributed by atoms with Crippen molar-refractivity contribution in [2.24, 2.45) is 5.92 Å². The van der Waals surface area contributed by atoms with Crippen LogP contribution in [0, 0.1) is 5.92 Å². The van der Waals surface area contributed by atoms with E-state index < -0.39 is 0 Å². The molecule has 2 fully saturated rings. The molecule has 2 aliphatic carbocycles. The fraction of sp³-hybridized carbons (Fsp3) is 0.562. The Hall–Kier alpha value is -1.26. The van der Waals surface area contributed by atoms with Gasteiger partial charge in [0.25, 0.3) is 0 Å². The maximum atomic E-state index is 12.1. The van der Waals surface area contributed by atoms with Gasteiger partial charge in [-0.05, 0) is 42.9 Å². The number of hydrogen-bond donors (Lipinski definition) is 2. The summed E-state index contributed by atoms with van der Waals surface area (Å²) in [7, 11) is 1.73. The Morgan fingerprint density at radius 3 is 2.95 bits per heavy atom. The number of likely N-dealkylation sites (N-methyl/N-ethyl adjacent to an activating group) is 1. The van der Waals surface area contributed by atoms with Gasteiger partial charge in [-0.2, -0.15) is 0 Å². The number of urea groups is 1. The second-order valence-corrected chi connectivity index (χ2v) is 6.67. The van der Waals surface area contributed by atoms with Gasteiger partial charge in [0.15, 0.2) is 0 Å². The highest BCUT2D eigenvalue weighted by Gasteiger charge is 2.40. The van der Waals surface area contributed by atoms with Crippen LogP contribution in [0.15, 0.2) is 24.3 Å². The lowest BCUT2D eigenvalue weighted by molar-refractivity contribution is 0.113. The van der Waals surface area contributed by atoms with Crippen LogP contribution in [-0.4, -0.2) is 41.8 Å². The molecule has 5 heteroatoms. The second-order valence-electron chi connectivity index (χ2n) is 6.24. The summed E-state index contributed by atoms with van der Waals surface area (Å²) in [4.78, 5) is 13.7. The molecule has 1 aromatic carbocycles. The van der Waals surface area contributed by atoms with E-state index in [0.717, 1.165) is 24.3 Å². The molecule has 0 spiro atoms. The van der Waals surface area contributed by atoms with E-state index in [1.165, 1.54) is 5.56 Å². The Kier molecular flexibility index (Phi) is 4.09. The third kappa shape index (κ3) is 3.69. The van der Waals surface area contributed by atoms with Crippen LogP contribution in [0.25, 0.3) is 0 Å². The van der Waals surface area contributed by atoms with E-state index in [1.54, 1.807) is 11.9 Å². The molecule has 2 aliphatic rings. The topological polar surface area (TPSA) is 52.6 Å². The Morgan fingerprint density at radius 2 is 2.29 bits per heavy atom. The zero-order valence-corrected chi connectivity index (χ0v) is 12.9. The second kappa shape index (κ2) is 5.85. The van der Waals surface area contributed by atoms with Gasteiger partial charge in [0, 0.05) is 30.6 Å². The zero-order chi connectivity index (χ0) is 15.0. The maximum Gasteiger partial charge on any atom is 0.317 e. The highest BCUT2D eigenvalue weighted by atomic mass is 35.5. The molecular formula is C16H21ClN2O2. The van der Waals surface area contributed by atoms with Gasteiger partial charge in [0.05, 0.1) is 6.10 Å². The lowest BCUT2D eigenvalue weighted by Crippen LogP contribution is -2.42. The van der Waals surface area contributed by atoms with Gasteiger partial charge in [-0.25, -0.2) is 4.79 Å². The predicted octanol–water partition coefficient (Wildman–Crippen LogP) is 2.61. The molecule has 0 saturated heterocycles. The van der Waals surface area contributed by atoms with Crippen LogP contribution in [0.2, 0.25) is 5.02 Å². The molecule has 3 rings (SSSR count). The number of halogens is 1. The third-order valence-corrected chi connectivity index (χ3v) is 4.59. The minimum absolute atomic E-state index is 0.107. The van der Waals surface area contributed by atoms with E-state index >= 15 is 0 Å². The van der Waals surface area contributed by atoms with Gasteiger partial charge in [0.2, 0.25) is 0 Å². The summed E-state index contributed by atoms with van der Waals surface area (Å²) < 4.78 is 0. The van der Waals surface area contributed by atoms with E-state index in [1.807, 2.05) is 24.3 Å². The molecule has 0 aliphatic heterocycles. The minimum Gasteiger partial charge on any atom is -0.391 e. The Labute approximate surface area is 130 Å². The van der Waals surface area contributed by atoms with Crippen LogP contribution < -0.4 is 5.32 Å². The lowest BCUT2D eigenvalue weighted by atomic mass is 10.1. The average molecular weight is 309 g/mol. The van der Waals surface area contributed by atoms with Crippen molar-refractivity contribution < 1.29 is 9.90 Å². The third-order valence-electron chi connectivity index (χ3n) is 4.35. The Balaban J connectivity index is 1.47. The number of amides is 2. The summed E-state index contributed by atoms with van der Waals surface area (Å²) in [6, 6.07) is 7.87. The van der Waals surface area contributed by atoms with E-state index in [-0.39, 0.29) is 18.2 Å². The van der Waals surface area contributed by atoms with Crippen LogP contribution >= 0.6 is 11.6 Å². The molecule has 2 saturated carbocycles. The van der Waals surface area contributed by atoms with Crippen molar-refractivity contribution in [3.05, 3.63) is 34.9 Å². The minimum atomic E-state index is -0.385. The number of rotatable bonds is 5. The van der Waals surface area contributed by atoms with Crippen molar-refractivity contribution in [1.29, 1.82) is 0 Å². The fourth-order valence-electron chi connectivity index (χ4n) is 2.72. The first-order chi connectivity index (χ1) is 10.0. The van der Waals surface area contributed by atoms with Crippen LogP contribution in [0.4, 0.5) is 4.79 Å². The van der Waals surface area contributed by atoms with Gasteiger partial charge < -0.3 is 15.3 Å². The van der Waals surface area contributed by atoms with Crippen molar-refractivity contribution >= 4 is 17.6 Å². The number of nitrogens with zero attached hydrogens (tertiary/aromatic N) is 1. The van der Waals surface area contributed by atoms with Crippen molar-refractivity contribution in [3.8, 4) is 0 Å². The van der Waals surface area contributed by atoms with Crippen LogP contribution in [0.1, 0.15) is 30.7 Å². The molecule has 0 aromatic heterocycles. The number of carbonyl (C=O) groups is 1. The normalized spacial score (nSPS) is 25.3. The summed E-state index contributed by atoms with van der Waals surface area (Å²) in [6.45, 7) is 0.408. The van der Waals surface area contributed by atoms with E-state index in [0.29, 0.717) is 18.4 Å². The summed E-state index contributed by atoms with van der Waals surface area (Å²) in [6.07, 6.45) is 2.72. The smallest absolute Gasteiger partial charge is 0.317 e. The standard InChI is InChI=1S/C16H21ClN2O2/c1-19(9-15(20)10-5-6-10)16(21)18-14-8-13(14)11-3-2-4-12(17)7-11/h2-4,7,10,13-15,20H,5-6,8-9H2,1H3,(H,18,21). The molecule has 1 aromatic rings. The number of benzene rings is 1. The molecule has 0 radical (unpaired) electrons. The van der Waals surface area contributed by atoms with E-state index in [2.05, 4.69) is 5.32 Å². The summed E-state index contributed by atoms with van der Waals surface area (Å²) in [5.74, 6) is 0.745. The van der Waals surface area contributed by atoms with Crippen molar-refractivity contribution in [3.63, 3.8) is 0 Å². The van der Waals surface area contributed by atoms with Crippen LogP contribution in [0.3, 0.4) is 0 Å². The first kappa shape index (κ1) is 14.7. The highest BCUT2D eigenvalue weighted by Crippen LogP contribution is 2.41. The first-order valence-electron chi connectivity index (χ1n) is 7.49. The van der Waals surface area contributed by atoms with Crippen LogP contribution in [-0.2, 0) is 0 Å².